The maximum atomic E-state index is 11.7. The highest BCUT2D eigenvalue weighted by atomic mass is 16.5. The van der Waals surface area contributed by atoms with Gasteiger partial charge in [-0.05, 0) is 31.6 Å². The Hall–Kier alpha value is -0.690. The van der Waals surface area contributed by atoms with E-state index in [4.69, 9.17) is 18.9 Å². The van der Waals surface area contributed by atoms with Gasteiger partial charge in [-0.1, -0.05) is 0 Å². The molecule has 2 fully saturated rings. The summed E-state index contributed by atoms with van der Waals surface area (Å²) in [6.07, 6.45) is 3.16. The van der Waals surface area contributed by atoms with Crippen LogP contribution in [0.25, 0.3) is 0 Å². The fraction of sp³-hybridized carbons (Fsp3) is 0.933. The van der Waals surface area contributed by atoms with Gasteiger partial charge in [0, 0.05) is 20.3 Å². The van der Waals surface area contributed by atoms with Crippen LogP contribution >= 0.6 is 0 Å². The summed E-state index contributed by atoms with van der Waals surface area (Å²) in [4.78, 5) is 11.7. The van der Waals surface area contributed by atoms with E-state index < -0.39 is 11.4 Å². The third kappa shape index (κ3) is 4.39. The van der Waals surface area contributed by atoms with E-state index in [-0.39, 0.29) is 6.10 Å². The summed E-state index contributed by atoms with van der Waals surface area (Å²) in [5.41, 5.74) is -0.752. The lowest BCUT2D eigenvalue weighted by Crippen LogP contribution is -2.41. The van der Waals surface area contributed by atoms with E-state index in [0.717, 1.165) is 12.8 Å². The fourth-order valence-corrected chi connectivity index (χ4v) is 2.98. The summed E-state index contributed by atoms with van der Waals surface area (Å²) in [6, 6.07) is 0. The third-order valence-electron chi connectivity index (χ3n) is 4.36. The topological polar surface area (TPSA) is 74.2 Å². The van der Waals surface area contributed by atoms with Crippen LogP contribution in [0.4, 0.5) is 0 Å². The number of carboxylic acid groups (broad SMARTS) is 1. The number of hydrogen-bond donors (Lipinski definition) is 1. The van der Waals surface area contributed by atoms with Crippen molar-refractivity contribution >= 4 is 5.97 Å². The summed E-state index contributed by atoms with van der Waals surface area (Å²) in [5, 5.41) is 9.64. The van der Waals surface area contributed by atoms with Crippen LogP contribution in [0, 0.1) is 11.3 Å². The molecule has 1 saturated carbocycles. The number of hydrogen-bond acceptors (Lipinski definition) is 5. The molecule has 0 spiro atoms. The summed E-state index contributed by atoms with van der Waals surface area (Å²) < 4.78 is 21.4. The minimum atomic E-state index is -0.752. The van der Waals surface area contributed by atoms with Gasteiger partial charge in [0.15, 0.2) is 0 Å². The normalized spacial score (nSPS) is 28.9. The lowest BCUT2D eigenvalue weighted by molar-refractivity contribution is -0.155. The van der Waals surface area contributed by atoms with Crippen LogP contribution in [0.2, 0.25) is 0 Å². The first-order valence-corrected chi connectivity index (χ1v) is 7.70. The molecule has 1 saturated heterocycles. The van der Waals surface area contributed by atoms with E-state index in [0.29, 0.717) is 58.4 Å². The van der Waals surface area contributed by atoms with Crippen molar-refractivity contribution in [2.24, 2.45) is 11.3 Å². The predicted octanol–water partition coefficient (Wildman–Crippen LogP) is 1.33. The molecule has 0 amide bonds. The van der Waals surface area contributed by atoms with Crippen molar-refractivity contribution in [3.05, 3.63) is 0 Å². The molecule has 1 aliphatic carbocycles. The first-order chi connectivity index (χ1) is 10.2. The Morgan fingerprint density at radius 2 is 1.86 bits per heavy atom. The van der Waals surface area contributed by atoms with Crippen LogP contribution in [-0.4, -0.2) is 63.9 Å². The number of aliphatic carboxylic acids is 1. The molecule has 2 aliphatic rings. The number of methoxy groups -OCH3 is 1. The average molecular weight is 302 g/mol. The SMILES string of the molecule is COCCOCCOCCC1(C(=O)O)CCOC1C1CC1. The molecule has 6 heteroatoms. The van der Waals surface area contributed by atoms with Crippen LogP contribution in [-0.2, 0) is 23.7 Å². The van der Waals surface area contributed by atoms with Crippen molar-refractivity contribution in [2.45, 2.75) is 31.8 Å². The van der Waals surface area contributed by atoms with Crippen molar-refractivity contribution in [1.29, 1.82) is 0 Å². The number of carbonyl (C=O) groups is 1. The molecule has 0 aromatic heterocycles. The van der Waals surface area contributed by atoms with Gasteiger partial charge >= 0.3 is 5.97 Å². The minimum absolute atomic E-state index is 0.128. The van der Waals surface area contributed by atoms with E-state index in [2.05, 4.69) is 0 Å². The largest absolute Gasteiger partial charge is 0.481 e. The van der Waals surface area contributed by atoms with Gasteiger partial charge in [-0.15, -0.1) is 0 Å². The van der Waals surface area contributed by atoms with Gasteiger partial charge in [0.25, 0.3) is 0 Å². The summed E-state index contributed by atoms with van der Waals surface area (Å²) in [6.45, 7) is 3.10. The Balaban J connectivity index is 1.68. The minimum Gasteiger partial charge on any atom is -0.481 e. The van der Waals surface area contributed by atoms with E-state index in [9.17, 15) is 9.90 Å². The van der Waals surface area contributed by atoms with Gasteiger partial charge in [0.1, 0.15) is 0 Å². The van der Waals surface area contributed by atoms with Crippen molar-refractivity contribution in [2.75, 3.05) is 46.8 Å². The quantitative estimate of drug-likeness (QED) is 0.580. The van der Waals surface area contributed by atoms with Crippen molar-refractivity contribution < 1.29 is 28.8 Å². The molecule has 1 heterocycles. The maximum Gasteiger partial charge on any atom is 0.312 e. The van der Waals surface area contributed by atoms with E-state index in [1.165, 1.54) is 0 Å². The Labute approximate surface area is 125 Å². The zero-order valence-electron chi connectivity index (χ0n) is 12.7. The molecule has 6 nitrogen and oxygen atoms in total. The molecule has 0 aromatic carbocycles. The zero-order valence-corrected chi connectivity index (χ0v) is 12.7. The molecular weight excluding hydrogens is 276 g/mol. The lowest BCUT2D eigenvalue weighted by atomic mass is 9.76. The number of carboxylic acids is 1. The molecule has 1 N–H and O–H groups in total. The van der Waals surface area contributed by atoms with Gasteiger partial charge in [-0.25, -0.2) is 0 Å². The second-order valence-electron chi connectivity index (χ2n) is 5.81. The van der Waals surface area contributed by atoms with Crippen LogP contribution in [0.15, 0.2) is 0 Å². The Bertz CT molecular complexity index is 330. The second-order valence-corrected chi connectivity index (χ2v) is 5.81. The van der Waals surface area contributed by atoms with Crippen LogP contribution in [0.5, 0.6) is 0 Å². The van der Waals surface area contributed by atoms with Crippen molar-refractivity contribution in [3.8, 4) is 0 Å². The zero-order chi connectivity index (χ0) is 15.1. The standard InChI is InChI=1S/C15H26O6/c1-18-8-9-20-11-10-19-6-4-15(14(16)17)5-7-21-13(15)12-2-3-12/h12-13H,2-11H2,1H3,(H,16,17). The molecule has 21 heavy (non-hydrogen) atoms. The van der Waals surface area contributed by atoms with Gasteiger partial charge in [0.05, 0.1) is 37.9 Å². The predicted molar refractivity (Wildman–Crippen MR) is 75.3 cm³/mol. The smallest absolute Gasteiger partial charge is 0.312 e. The van der Waals surface area contributed by atoms with Crippen molar-refractivity contribution in [1.82, 2.24) is 0 Å². The van der Waals surface area contributed by atoms with E-state index in [1.54, 1.807) is 7.11 Å². The van der Waals surface area contributed by atoms with Gasteiger partial charge < -0.3 is 24.1 Å². The Kier molecular flexibility index (Phi) is 6.41. The molecule has 122 valence electrons. The number of rotatable bonds is 11. The second kappa shape index (κ2) is 8.08. The van der Waals surface area contributed by atoms with Crippen LogP contribution < -0.4 is 0 Å². The monoisotopic (exact) mass is 302 g/mol. The van der Waals surface area contributed by atoms with Crippen LogP contribution in [0.1, 0.15) is 25.7 Å². The highest BCUT2D eigenvalue weighted by molar-refractivity contribution is 5.76. The highest BCUT2D eigenvalue weighted by Crippen LogP contribution is 2.49. The molecule has 2 unspecified atom stereocenters. The summed E-state index contributed by atoms with van der Waals surface area (Å²) >= 11 is 0. The highest BCUT2D eigenvalue weighted by Gasteiger charge is 2.55. The van der Waals surface area contributed by atoms with Crippen molar-refractivity contribution in [3.63, 3.8) is 0 Å². The maximum absolute atomic E-state index is 11.7. The van der Waals surface area contributed by atoms with Crippen LogP contribution in [0.3, 0.4) is 0 Å². The average Bonchev–Trinajstić information content (AvgIpc) is 3.22. The van der Waals surface area contributed by atoms with Gasteiger partial charge in [0.2, 0.25) is 0 Å². The van der Waals surface area contributed by atoms with E-state index in [1.807, 2.05) is 0 Å². The third-order valence-corrected chi connectivity index (χ3v) is 4.36. The first kappa shape index (κ1) is 16.7. The van der Waals surface area contributed by atoms with Gasteiger partial charge in [-0.2, -0.15) is 0 Å². The molecule has 0 aromatic rings. The molecular formula is C15H26O6. The van der Waals surface area contributed by atoms with E-state index >= 15 is 0 Å². The Morgan fingerprint density at radius 1 is 1.19 bits per heavy atom. The molecule has 2 atom stereocenters. The van der Waals surface area contributed by atoms with Gasteiger partial charge in [-0.3, -0.25) is 4.79 Å². The fourth-order valence-electron chi connectivity index (χ4n) is 2.98. The summed E-state index contributed by atoms with van der Waals surface area (Å²) in [7, 11) is 1.63. The Morgan fingerprint density at radius 3 is 2.48 bits per heavy atom. The first-order valence-electron chi connectivity index (χ1n) is 7.70. The lowest BCUT2D eigenvalue weighted by Gasteiger charge is -2.29. The molecule has 1 aliphatic heterocycles. The molecule has 2 rings (SSSR count). The number of ether oxygens (including phenoxy) is 4. The summed E-state index contributed by atoms with van der Waals surface area (Å²) in [5.74, 6) is -0.308. The molecule has 0 radical (unpaired) electrons. The molecule has 0 bridgehead atoms.